The number of hydrogen-bond acceptors (Lipinski definition) is 3. The van der Waals surface area contributed by atoms with Crippen LogP contribution >= 0.6 is 0 Å². The van der Waals surface area contributed by atoms with Crippen molar-refractivity contribution >= 4 is 5.78 Å². The van der Waals surface area contributed by atoms with E-state index < -0.39 is 0 Å². The number of rotatable bonds is 2. The van der Waals surface area contributed by atoms with Gasteiger partial charge in [0.1, 0.15) is 0 Å². The molecule has 0 N–H and O–H groups in total. The van der Waals surface area contributed by atoms with Crippen molar-refractivity contribution in [2.75, 3.05) is 0 Å². The average Bonchev–Trinajstić information content (AvgIpc) is 2.46. The minimum atomic E-state index is -0.0910. The Bertz CT molecular complexity index is 622. The first-order chi connectivity index (χ1) is 9.25. The van der Waals surface area contributed by atoms with Gasteiger partial charge in [-0.15, -0.1) is 0 Å². The second-order valence-electron chi connectivity index (χ2n) is 5.04. The molecule has 3 rings (SSSR count). The van der Waals surface area contributed by atoms with Crippen molar-refractivity contribution in [3.63, 3.8) is 0 Å². The van der Waals surface area contributed by atoms with Crippen LogP contribution in [0.1, 0.15) is 46.1 Å². The van der Waals surface area contributed by atoms with Crippen molar-refractivity contribution in [3.8, 4) is 0 Å². The van der Waals surface area contributed by atoms with Crippen molar-refractivity contribution in [3.05, 3.63) is 59.2 Å². The Morgan fingerprint density at radius 3 is 3.00 bits per heavy atom. The number of ketones is 1. The van der Waals surface area contributed by atoms with Crippen LogP contribution < -0.4 is 0 Å². The Morgan fingerprint density at radius 2 is 2.16 bits per heavy atom. The van der Waals surface area contributed by atoms with Crippen LogP contribution in [0, 0.1) is 6.92 Å². The van der Waals surface area contributed by atoms with Crippen LogP contribution in [0.3, 0.4) is 0 Å². The predicted octanol–water partition coefficient (Wildman–Crippen LogP) is 3.09. The highest BCUT2D eigenvalue weighted by Gasteiger charge is 2.28. The molecule has 2 aromatic heterocycles. The Labute approximate surface area is 112 Å². The van der Waals surface area contributed by atoms with Gasteiger partial charge >= 0.3 is 0 Å². The minimum Gasteiger partial charge on any atom is -0.293 e. The fraction of sp³-hybridized carbons (Fsp3) is 0.312. The average molecular weight is 252 g/mol. The van der Waals surface area contributed by atoms with E-state index in [1.165, 1.54) is 5.56 Å². The van der Waals surface area contributed by atoms with E-state index in [9.17, 15) is 4.79 Å². The zero-order chi connectivity index (χ0) is 13.2. The number of aryl methyl sites for hydroxylation is 2. The molecule has 1 atom stereocenters. The van der Waals surface area contributed by atoms with Crippen LogP contribution in [0.15, 0.2) is 36.7 Å². The summed E-state index contributed by atoms with van der Waals surface area (Å²) in [6, 6.07) is 7.69. The Hall–Kier alpha value is -2.03. The lowest BCUT2D eigenvalue weighted by Crippen LogP contribution is -2.20. The fourth-order valence-electron chi connectivity index (χ4n) is 2.76. The molecule has 19 heavy (non-hydrogen) atoms. The van der Waals surface area contributed by atoms with Crippen molar-refractivity contribution in [2.45, 2.75) is 32.1 Å². The molecule has 3 nitrogen and oxygen atoms in total. The third-order valence-electron chi connectivity index (χ3n) is 3.69. The van der Waals surface area contributed by atoms with Gasteiger partial charge in [0.05, 0.1) is 11.6 Å². The van der Waals surface area contributed by atoms with E-state index in [-0.39, 0.29) is 11.7 Å². The topological polar surface area (TPSA) is 42.9 Å². The maximum atomic E-state index is 12.6. The Balaban J connectivity index is 1.98. The first-order valence-electron chi connectivity index (χ1n) is 6.66. The quantitative estimate of drug-likeness (QED) is 0.771. The zero-order valence-corrected chi connectivity index (χ0v) is 11.0. The largest absolute Gasteiger partial charge is 0.293 e. The second-order valence-corrected chi connectivity index (χ2v) is 5.04. The van der Waals surface area contributed by atoms with Gasteiger partial charge in [-0.25, -0.2) is 0 Å². The highest BCUT2D eigenvalue weighted by molar-refractivity contribution is 6.01. The number of carbonyl (C=O) groups is 1. The van der Waals surface area contributed by atoms with E-state index in [4.69, 9.17) is 0 Å². The molecule has 1 aliphatic rings. The molecule has 0 aliphatic heterocycles. The molecular formula is C16H16N2O. The molecule has 0 bridgehead atoms. The summed E-state index contributed by atoms with van der Waals surface area (Å²) in [6.07, 6.45) is 6.46. The standard InChI is InChI=1S/C16H16N2O/c1-11-10-13(7-9-17-11)16(19)14-6-2-4-12-5-3-8-18-15(12)14/h3,5,7-10,14H,2,4,6H2,1H3. The highest BCUT2D eigenvalue weighted by atomic mass is 16.1. The highest BCUT2D eigenvalue weighted by Crippen LogP contribution is 2.32. The Kier molecular flexibility index (Phi) is 3.11. The lowest BCUT2D eigenvalue weighted by molar-refractivity contribution is 0.0948. The maximum absolute atomic E-state index is 12.6. The van der Waals surface area contributed by atoms with Crippen LogP contribution in [0.2, 0.25) is 0 Å². The number of pyridine rings is 2. The van der Waals surface area contributed by atoms with Crippen molar-refractivity contribution in [1.82, 2.24) is 9.97 Å². The summed E-state index contributed by atoms with van der Waals surface area (Å²) in [5.74, 6) is 0.0805. The SMILES string of the molecule is Cc1cc(C(=O)C2CCCc3cccnc32)ccn1. The molecule has 0 radical (unpaired) electrons. The smallest absolute Gasteiger partial charge is 0.172 e. The lowest BCUT2D eigenvalue weighted by atomic mass is 9.82. The number of nitrogens with zero attached hydrogens (tertiary/aromatic N) is 2. The van der Waals surface area contributed by atoms with E-state index >= 15 is 0 Å². The van der Waals surface area contributed by atoms with Gasteiger partial charge in [0.2, 0.25) is 0 Å². The van der Waals surface area contributed by atoms with Gasteiger partial charge in [-0.1, -0.05) is 6.07 Å². The third-order valence-corrected chi connectivity index (χ3v) is 3.69. The summed E-state index contributed by atoms with van der Waals surface area (Å²) in [6.45, 7) is 1.91. The van der Waals surface area contributed by atoms with Gasteiger partial charge in [0.15, 0.2) is 5.78 Å². The number of carbonyl (C=O) groups excluding carboxylic acids is 1. The summed E-state index contributed by atoms with van der Waals surface area (Å²) in [5.41, 5.74) is 3.81. The Morgan fingerprint density at radius 1 is 1.26 bits per heavy atom. The first-order valence-corrected chi connectivity index (χ1v) is 6.66. The van der Waals surface area contributed by atoms with Crippen LogP contribution in [-0.4, -0.2) is 15.8 Å². The van der Waals surface area contributed by atoms with Crippen LogP contribution in [-0.2, 0) is 6.42 Å². The minimum absolute atomic E-state index is 0.0910. The van der Waals surface area contributed by atoms with Crippen LogP contribution in [0.25, 0.3) is 0 Å². The monoisotopic (exact) mass is 252 g/mol. The molecule has 0 aromatic carbocycles. The molecule has 0 spiro atoms. The summed E-state index contributed by atoms with van der Waals surface area (Å²) in [7, 11) is 0. The van der Waals surface area contributed by atoms with E-state index in [1.807, 2.05) is 19.1 Å². The number of hydrogen-bond donors (Lipinski definition) is 0. The summed E-state index contributed by atoms with van der Waals surface area (Å²) >= 11 is 0. The fourth-order valence-corrected chi connectivity index (χ4v) is 2.76. The summed E-state index contributed by atoms with van der Waals surface area (Å²) < 4.78 is 0. The molecular weight excluding hydrogens is 236 g/mol. The molecule has 2 heterocycles. The molecule has 0 saturated carbocycles. The molecule has 1 unspecified atom stereocenters. The number of fused-ring (bicyclic) bond motifs is 1. The molecule has 96 valence electrons. The van der Waals surface area contributed by atoms with Gasteiger partial charge < -0.3 is 0 Å². The van der Waals surface area contributed by atoms with E-state index in [1.54, 1.807) is 18.5 Å². The van der Waals surface area contributed by atoms with Crippen molar-refractivity contribution in [1.29, 1.82) is 0 Å². The van der Waals surface area contributed by atoms with E-state index in [0.717, 1.165) is 36.2 Å². The second kappa shape index (κ2) is 4.92. The molecule has 0 saturated heterocycles. The first kappa shape index (κ1) is 12.0. The molecule has 1 aliphatic carbocycles. The number of Topliss-reactive ketones (excluding diaryl/α,β-unsaturated/α-hetero) is 1. The van der Waals surface area contributed by atoms with Crippen LogP contribution in [0.4, 0.5) is 0 Å². The van der Waals surface area contributed by atoms with Crippen molar-refractivity contribution < 1.29 is 4.79 Å². The van der Waals surface area contributed by atoms with E-state index in [2.05, 4.69) is 16.0 Å². The van der Waals surface area contributed by atoms with Gasteiger partial charge in [0.25, 0.3) is 0 Å². The van der Waals surface area contributed by atoms with Gasteiger partial charge in [-0.2, -0.15) is 0 Å². The molecule has 3 heteroatoms. The van der Waals surface area contributed by atoms with Gasteiger partial charge in [-0.3, -0.25) is 14.8 Å². The van der Waals surface area contributed by atoms with Gasteiger partial charge in [-0.05, 0) is 49.9 Å². The van der Waals surface area contributed by atoms with Crippen molar-refractivity contribution in [2.24, 2.45) is 0 Å². The lowest BCUT2D eigenvalue weighted by Gasteiger charge is -2.23. The molecule has 2 aromatic rings. The normalized spacial score (nSPS) is 17.8. The van der Waals surface area contributed by atoms with Crippen LogP contribution in [0.5, 0.6) is 0 Å². The molecule has 0 fully saturated rings. The molecule has 0 amide bonds. The number of aromatic nitrogens is 2. The summed E-state index contributed by atoms with van der Waals surface area (Å²) in [5, 5.41) is 0. The van der Waals surface area contributed by atoms with Gasteiger partial charge in [0, 0.05) is 23.7 Å². The third kappa shape index (κ3) is 2.28. The van der Waals surface area contributed by atoms with E-state index in [0.29, 0.717) is 0 Å². The maximum Gasteiger partial charge on any atom is 0.172 e. The predicted molar refractivity (Wildman–Crippen MR) is 73.2 cm³/mol. The zero-order valence-electron chi connectivity index (χ0n) is 11.0. The summed E-state index contributed by atoms with van der Waals surface area (Å²) in [4.78, 5) is 21.2.